The van der Waals surface area contributed by atoms with Crippen LogP contribution in [-0.4, -0.2) is 18.2 Å². The largest absolute Gasteiger partial charge is 0.427 e. The maximum Gasteiger partial charge on any atom is 0.332 e. The second kappa shape index (κ2) is 6.00. The van der Waals surface area contributed by atoms with Crippen molar-refractivity contribution in [1.82, 2.24) is 5.43 Å². The highest BCUT2D eigenvalue weighted by atomic mass is 79.9. The minimum atomic E-state index is -0.756. The Labute approximate surface area is 106 Å². The first-order valence-corrected chi connectivity index (χ1v) is 5.35. The number of amides is 2. The predicted molar refractivity (Wildman–Crippen MR) is 65.8 cm³/mol. The van der Waals surface area contributed by atoms with Crippen molar-refractivity contribution in [3.8, 4) is 5.75 Å². The van der Waals surface area contributed by atoms with Gasteiger partial charge in [-0.1, -0.05) is 15.9 Å². The molecule has 0 aliphatic carbocycles. The summed E-state index contributed by atoms with van der Waals surface area (Å²) in [4.78, 5) is 21.2. The molecule has 0 aliphatic rings. The van der Waals surface area contributed by atoms with E-state index in [4.69, 9.17) is 10.5 Å². The first-order chi connectivity index (χ1) is 7.99. The van der Waals surface area contributed by atoms with Crippen LogP contribution in [0.25, 0.3) is 0 Å². The predicted octanol–water partition coefficient (Wildman–Crippen LogP) is 1.38. The van der Waals surface area contributed by atoms with Gasteiger partial charge in [0.2, 0.25) is 0 Å². The first kappa shape index (κ1) is 13.2. The summed E-state index contributed by atoms with van der Waals surface area (Å²) in [5.74, 6) is -0.0216. The second-order valence-corrected chi connectivity index (χ2v) is 3.87. The number of nitrogens with zero attached hydrogens (tertiary/aromatic N) is 1. The molecule has 0 bridgehead atoms. The molecule has 90 valence electrons. The van der Waals surface area contributed by atoms with E-state index in [0.717, 1.165) is 4.47 Å². The average molecular weight is 300 g/mol. The fourth-order valence-corrected chi connectivity index (χ4v) is 1.36. The van der Waals surface area contributed by atoms with Crippen LogP contribution in [-0.2, 0) is 4.79 Å². The maximum absolute atomic E-state index is 10.8. The molecule has 0 unspecified atom stereocenters. The molecule has 1 rings (SSSR count). The maximum atomic E-state index is 10.8. The molecule has 3 N–H and O–H groups in total. The van der Waals surface area contributed by atoms with Gasteiger partial charge >= 0.3 is 12.0 Å². The Morgan fingerprint density at radius 1 is 1.53 bits per heavy atom. The number of hydrogen-bond donors (Lipinski definition) is 2. The zero-order chi connectivity index (χ0) is 12.8. The Morgan fingerprint density at radius 2 is 2.24 bits per heavy atom. The number of ether oxygens (including phenoxy) is 1. The molecule has 0 spiro atoms. The summed E-state index contributed by atoms with van der Waals surface area (Å²) in [6.07, 6.45) is 1.38. The fraction of sp³-hybridized carbons (Fsp3) is 0.100. The lowest BCUT2D eigenvalue weighted by Gasteiger charge is -2.03. The first-order valence-electron chi connectivity index (χ1n) is 4.55. The van der Waals surface area contributed by atoms with Gasteiger partial charge in [0.25, 0.3) is 0 Å². The number of carbonyl (C=O) groups excluding carboxylic acids is 2. The van der Waals surface area contributed by atoms with Crippen LogP contribution in [0.3, 0.4) is 0 Å². The SMILES string of the molecule is CC(=O)Oc1ccc(Br)c(C=NNC(N)=O)c1. The molecule has 2 amide bonds. The van der Waals surface area contributed by atoms with Crippen molar-refractivity contribution < 1.29 is 14.3 Å². The molecule has 6 nitrogen and oxygen atoms in total. The van der Waals surface area contributed by atoms with Gasteiger partial charge < -0.3 is 10.5 Å². The number of esters is 1. The summed E-state index contributed by atoms with van der Waals surface area (Å²) < 4.78 is 5.64. The van der Waals surface area contributed by atoms with Gasteiger partial charge in [0.1, 0.15) is 5.75 Å². The number of hydrogen-bond acceptors (Lipinski definition) is 4. The highest BCUT2D eigenvalue weighted by Gasteiger charge is 2.02. The molecule has 0 saturated carbocycles. The lowest BCUT2D eigenvalue weighted by Crippen LogP contribution is -2.24. The second-order valence-electron chi connectivity index (χ2n) is 3.01. The van der Waals surface area contributed by atoms with Crippen molar-refractivity contribution >= 4 is 34.1 Å². The Balaban J connectivity index is 2.86. The van der Waals surface area contributed by atoms with E-state index in [1.54, 1.807) is 18.2 Å². The Bertz CT molecular complexity index is 474. The number of nitrogens with one attached hydrogen (secondary N) is 1. The van der Waals surface area contributed by atoms with Gasteiger partial charge in [-0.05, 0) is 18.2 Å². The highest BCUT2D eigenvalue weighted by molar-refractivity contribution is 9.10. The molecule has 0 saturated heterocycles. The number of hydrazone groups is 1. The topological polar surface area (TPSA) is 93.8 Å². The normalized spacial score (nSPS) is 10.2. The summed E-state index contributed by atoms with van der Waals surface area (Å²) in [7, 11) is 0. The smallest absolute Gasteiger partial charge is 0.332 e. The number of halogens is 1. The minimum Gasteiger partial charge on any atom is -0.427 e. The third-order valence-corrected chi connectivity index (χ3v) is 2.33. The number of carbonyl (C=O) groups is 2. The van der Waals surface area contributed by atoms with E-state index < -0.39 is 12.0 Å². The highest BCUT2D eigenvalue weighted by Crippen LogP contribution is 2.21. The van der Waals surface area contributed by atoms with Crippen molar-refractivity contribution in [2.45, 2.75) is 6.92 Å². The van der Waals surface area contributed by atoms with Crippen molar-refractivity contribution in [3.63, 3.8) is 0 Å². The molecule has 0 aliphatic heterocycles. The third-order valence-electron chi connectivity index (χ3n) is 1.61. The number of primary amides is 1. The molecule has 1 aromatic rings. The van der Waals surface area contributed by atoms with Crippen LogP contribution < -0.4 is 15.9 Å². The zero-order valence-corrected chi connectivity index (χ0v) is 10.5. The van der Waals surface area contributed by atoms with E-state index in [1.165, 1.54) is 13.1 Å². The van der Waals surface area contributed by atoms with Gasteiger partial charge in [-0.2, -0.15) is 5.10 Å². The van der Waals surface area contributed by atoms with Gasteiger partial charge in [-0.15, -0.1) is 0 Å². The summed E-state index contributed by atoms with van der Waals surface area (Å²) in [5.41, 5.74) is 7.54. The number of rotatable bonds is 3. The van der Waals surface area contributed by atoms with Crippen LogP contribution in [0.2, 0.25) is 0 Å². The molecule has 0 heterocycles. The van der Waals surface area contributed by atoms with Crippen LogP contribution in [0, 0.1) is 0 Å². The van der Waals surface area contributed by atoms with E-state index in [-0.39, 0.29) is 0 Å². The van der Waals surface area contributed by atoms with Crippen molar-refractivity contribution in [2.24, 2.45) is 10.8 Å². The summed E-state index contributed by atoms with van der Waals surface area (Å²) >= 11 is 3.29. The molecule has 0 fully saturated rings. The molecule has 0 aromatic heterocycles. The van der Waals surface area contributed by atoms with E-state index in [0.29, 0.717) is 11.3 Å². The van der Waals surface area contributed by atoms with Crippen LogP contribution in [0.5, 0.6) is 5.75 Å². The van der Waals surface area contributed by atoms with E-state index in [1.807, 2.05) is 0 Å². The summed E-state index contributed by atoms with van der Waals surface area (Å²) in [6, 6.07) is 4.17. The van der Waals surface area contributed by atoms with E-state index in [9.17, 15) is 9.59 Å². The van der Waals surface area contributed by atoms with Crippen molar-refractivity contribution in [3.05, 3.63) is 28.2 Å². The van der Waals surface area contributed by atoms with E-state index >= 15 is 0 Å². The van der Waals surface area contributed by atoms with Crippen LogP contribution in [0.4, 0.5) is 4.79 Å². The quantitative estimate of drug-likeness (QED) is 0.382. The van der Waals surface area contributed by atoms with Crippen molar-refractivity contribution in [2.75, 3.05) is 0 Å². The molecule has 0 atom stereocenters. The number of nitrogens with two attached hydrogens (primary N) is 1. The molecule has 7 heteroatoms. The molecule has 17 heavy (non-hydrogen) atoms. The Kier molecular flexibility index (Phi) is 4.65. The van der Waals surface area contributed by atoms with Gasteiger partial charge in [0.05, 0.1) is 6.21 Å². The average Bonchev–Trinajstić information content (AvgIpc) is 2.21. The lowest BCUT2D eigenvalue weighted by molar-refractivity contribution is -0.131. The van der Waals surface area contributed by atoms with Gasteiger partial charge in [-0.25, -0.2) is 10.2 Å². The third kappa shape index (κ3) is 4.64. The van der Waals surface area contributed by atoms with Crippen LogP contribution >= 0.6 is 15.9 Å². The summed E-state index contributed by atoms with van der Waals surface area (Å²) in [6.45, 7) is 1.31. The lowest BCUT2D eigenvalue weighted by atomic mass is 10.2. The standard InChI is InChI=1S/C10H10BrN3O3/c1-6(15)17-8-2-3-9(11)7(4-8)5-13-14-10(12)16/h2-5H,1H3,(H3,12,14,16). The van der Waals surface area contributed by atoms with Gasteiger partial charge in [0, 0.05) is 17.0 Å². The molecular weight excluding hydrogens is 290 g/mol. The molecule has 1 aromatic carbocycles. The fourth-order valence-electron chi connectivity index (χ4n) is 1.02. The Hall–Kier alpha value is -1.89. The van der Waals surface area contributed by atoms with Gasteiger partial charge in [-0.3, -0.25) is 4.79 Å². The molecule has 0 radical (unpaired) electrons. The molecular formula is C10H10BrN3O3. The van der Waals surface area contributed by atoms with Crippen LogP contribution in [0.15, 0.2) is 27.8 Å². The Morgan fingerprint density at radius 3 is 2.82 bits per heavy atom. The van der Waals surface area contributed by atoms with Gasteiger partial charge in [0.15, 0.2) is 0 Å². The van der Waals surface area contributed by atoms with E-state index in [2.05, 4.69) is 26.5 Å². The number of urea groups is 1. The monoisotopic (exact) mass is 299 g/mol. The van der Waals surface area contributed by atoms with Crippen molar-refractivity contribution in [1.29, 1.82) is 0 Å². The van der Waals surface area contributed by atoms with Crippen LogP contribution in [0.1, 0.15) is 12.5 Å². The number of benzene rings is 1. The zero-order valence-electron chi connectivity index (χ0n) is 8.94. The summed E-state index contributed by atoms with van der Waals surface area (Å²) in [5, 5.41) is 3.60. The minimum absolute atomic E-state index is 0.390.